The Labute approximate surface area is 113 Å². The van der Waals surface area contributed by atoms with Gasteiger partial charge >= 0.3 is 13.9 Å². The Balaban J connectivity index is 2.27. The number of nitrogens with zero attached hydrogens (tertiary/aromatic N) is 1. The van der Waals surface area contributed by atoms with Gasteiger partial charge in [-0.2, -0.15) is 4.39 Å². The van der Waals surface area contributed by atoms with Crippen molar-refractivity contribution >= 4 is 8.25 Å². The molecular formula is C10H13FN2O6P+. The van der Waals surface area contributed by atoms with E-state index in [0.29, 0.717) is 6.42 Å². The van der Waals surface area contributed by atoms with E-state index in [-0.39, 0.29) is 6.42 Å². The summed E-state index contributed by atoms with van der Waals surface area (Å²) < 4.78 is 35.2. The Morgan fingerprint density at radius 2 is 2.35 bits per heavy atom. The molecule has 1 aromatic heterocycles. The van der Waals surface area contributed by atoms with Gasteiger partial charge in [0.25, 0.3) is 5.56 Å². The molecule has 8 nitrogen and oxygen atoms in total. The lowest BCUT2D eigenvalue weighted by molar-refractivity contribution is -0.0187. The minimum absolute atomic E-state index is 0.103. The van der Waals surface area contributed by atoms with Crippen LogP contribution in [0.25, 0.3) is 0 Å². The van der Waals surface area contributed by atoms with Crippen LogP contribution in [0, 0.1) is 5.82 Å². The number of H-pyrrole nitrogens is 1. The predicted octanol–water partition coefficient (Wildman–Crippen LogP) is 0.408. The Morgan fingerprint density at radius 1 is 1.65 bits per heavy atom. The Morgan fingerprint density at radius 3 is 2.95 bits per heavy atom. The maximum Gasteiger partial charge on any atom is 0.695 e. The van der Waals surface area contributed by atoms with Crippen LogP contribution in [0.15, 0.2) is 15.8 Å². The van der Waals surface area contributed by atoms with E-state index < -0.39 is 43.8 Å². The topological polar surface area (TPSA) is 111 Å². The highest BCUT2D eigenvalue weighted by molar-refractivity contribution is 7.32. The number of hydrogen-bond donors (Lipinski definition) is 2. The molecule has 1 aliphatic rings. The van der Waals surface area contributed by atoms with Crippen LogP contribution >= 0.6 is 8.25 Å². The first-order valence-corrected chi connectivity index (χ1v) is 7.04. The number of hydrogen-bond acceptors (Lipinski definition) is 5. The molecule has 2 rings (SSSR count). The molecule has 0 aliphatic carbocycles. The molecule has 0 saturated carbocycles. The van der Waals surface area contributed by atoms with Crippen LogP contribution in [0.2, 0.25) is 0 Å². The van der Waals surface area contributed by atoms with Gasteiger partial charge in [-0.1, -0.05) is 6.92 Å². The largest absolute Gasteiger partial charge is 0.695 e. The van der Waals surface area contributed by atoms with Crippen LogP contribution in [0.5, 0.6) is 0 Å². The first-order chi connectivity index (χ1) is 9.42. The van der Waals surface area contributed by atoms with Gasteiger partial charge < -0.3 is 4.74 Å². The lowest BCUT2D eigenvalue weighted by Gasteiger charge is -2.14. The summed E-state index contributed by atoms with van der Waals surface area (Å²) in [4.78, 5) is 33.2. The molecule has 1 aromatic rings. The third-order valence-electron chi connectivity index (χ3n) is 3.04. The van der Waals surface area contributed by atoms with Gasteiger partial charge in [-0.05, 0) is 6.42 Å². The predicted molar refractivity (Wildman–Crippen MR) is 64.8 cm³/mol. The van der Waals surface area contributed by atoms with E-state index in [1.54, 1.807) is 6.92 Å². The molecule has 1 saturated heterocycles. The quantitative estimate of drug-likeness (QED) is 0.779. The minimum Gasteiger partial charge on any atom is -0.352 e. The second kappa shape index (κ2) is 5.92. The average molecular weight is 307 g/mol. The van der Waals surface area contributed by atoms with Gasteiger partial charge in [0.05, 0.1) is 12.3 Å². The van der Waals surface area contributed by atoms with Crippen LogP contribution in [0.1, 0.15) is 26.0 Å². The third kappa shape index (κ3) is 3.01. The van der Waals surface area contributed by atoms with Crippen molar-refractivity contribution in [2.24, 2.45) is 0 Å². The number of nitrogens with one attached hydrogen (secondary N) is 1. The zero-order chi connectivity index (χ0) is 14.9. The van der Waals surface area contributed by atoms with Gasteiger partial charge in [-0.3, -0.25) is 14.3 Å². The van der Waals surface area contributed by atoms with Crippen LogP contribution in [-0.2, 0) is 13.8 Å². The number of halogens is 1. The van der Waals surface area contributed by atoms with E-state index in [1.807, 2.05) is 4.98 Å². The highest BCUT2D eigenvalue weighted by Gasteiger charge is 2.41. The molecule has 0 amide bonds. The molecule has 20 heavy (non-hydrogen) atoms. The van der Waals surface area contributed by atoms with Crippen molar-refractivity contribution < 1.29 is 23.1 Å². The zero-order valence-electron chi connectivity index (χ0n) is 10.5. The lowest BCUT2D eigenvalue weighted by atomic mass is 10.1. The molecule has 0 spiro atoms. The summed E-state index contributed by atoms with van der Waals surface area (Å²) in [6.07, 6.45) is -0.691. The minimum atomic E-state index is -2.80. The molecular weight excluding hydrogens is 294 g/mol. The first-order valence-electron chi connectivity index (χ1n) is 5.91. The first kappa shape index (κ1) is 15.0. The van der Waals surface area contributed by atoms with Crippen molar-refractivity contribution in [3.8, 4) is 0 Å². The monoisotopic (exact) mass is 307 g/mol. The van der Waals surface area contributed by atoms with E-state index >= 15 is 0 Å². The number of rotatable bonds is 4. The van der Waals surface area contributed by atoms with E-state index in [2.05, 4.69) is 0 Å². The van der Waals surface area contributed by atoms with Gasteiger partial charge in [-0.25, -0.2) is 4.79 Å². The second-order valence-electron chi connectivity index (χ2n) is 4.30. The summed E-state index contributed by atoms with van der Waals surface area (Å²) in [5.74, 6) is -1.11. The van der Waals surface area contributed by atoms with Crippen LogP contribution < -0.4 is 11.2 Å². The fraction of sp³-hybridized carbons (Fsp3) is 0.600. The maximum atomic E-state index is 13.2. The van der Waals surface area contributed by atoms with Crippen molar-refractivity contribution in [3.05, 3.63) is 32.9 Å². The normalized spacial score (nSPS) is 26.8. The van der Waals surface area contributed by atoms with E-state index in [1.165, 1.54) is 0 Å². The molecule has 2 N–H and O–H groups in total. The molecule has 1 fully saturated rings. The highest BCUT2D eigenvalue weighted by atomic mass is 31.1. The third-order valence-corrected chi connectivity index (χ3v) is 3.49. The molecule has 2 heterocycles. The summed E-state index contributed by atoms with van der Waals surface area (Å²) in [7, 11) is -2.80. The summed E-state index contributed by atoms with van der Waals surface area (Å²) in [6.45, 7) is 1.78. The molecule has 0 bridgehead atoms. The zero-order valence-corrected chi connectivity index (χ0v) is 11.4. The van der Waals surface area contributed by atoms with Crippen LogP contribution in [0.4, 0.5) is 4.39 Å². The number of aromatic amines is 1. The van der Waals surface area contributed by atoms with Crippen molar-refractivity contribution in [1.82, 2.24) is 9.55 Å². The highest BCUT2D eigenvalue weighted by Crippen LogP contribution is 2.35. The van der Waals surface area contributed by atoms with Gasteiger partial charge in [0.1, 0.15) is 12.3 Å². The molecule has 110 valence electrons. The van der Waals surface area contributed by atoms with Gasteiger partial charge in [0.15, 0.2) is 0 Å². The summed E-state index contributed by atoms with van der Waals surface area (Å²) in [5, 5.41) is 0. The SMILES string of the molecule is CC[C@H]1O[C@@H](n2cc(F)c(=O)[nH]c2=O)C[C@H]1O[P+](=O)O. The van der Waals surface area contributed by atoms with Crippen LogP contribution in [-0.4, -0.2) is 26.7 Å². The molecule has 4 atom stereocenters. The summed E-state index contributed by atoms with van der Waals surface area (Å²) >= 11 is 0. The Kier molecular flexibility index (Phi) is 4.44. The van der Waals surface area contributed by atoms with Gasteiger partial charge in [0, 0.05) is 11.0 Å². The molecule has 10 heteroatoms. The number of ether oxygens (including phenoxy) is 1. The molecule has 0 radical (unpaired) electrons. The standard InChI is InChI=1S/C10H12FN2O6P/c1-2-6-7(19-20(16)17)3-8(18-6)13-4-5(11)9(14)12-10(13)15/h4,6-8H,2-3H2,1H3,(H-,12,14,15,16,17)/p+1/t6-,7-,8-/m1/s1. The molecule has 1 unspecified atom stereocenters. The lowest BCUT2D eigenvalue weighted by Crippen LogP contribution is -2.33. The van der Waals surface area contributed by atoms with Crippen molar-refractivity contribution in [3.63, 3.8) is 0 Å². The molecule has 0 aromatic carbocycles. The second-order valence-corrected chi connectivity index (χ2v) is 4.98. The van der Waals surface area contributed by atoms with E-state index in [9.17, 15) is 18.5 Å². The average Bonchev–Trinajstić information content (AvgIpc) is 2.75. The van der Waals surface area contributed by atoms with Crippen LogP contribution in [0.3, 0.4) is 0 Å². The smallest absolute Gasteiger partial charge is 0.352 e. The van der Waals surface area contributed by atoms with Crippen molar-refractivity contribution in [1.29, 1.82) is 0 Å². The van der Waals surface area contributed by atoms with Crippen molar-refractivity contribution in [2.75, 3.05) is 0 Å². The Bertz CT molecular complexity index is 629. The molecule has 1 aliphatic heterocycles. The van der Waals surface area contributed by atoms with Gasteiger partial charge in [0.2, 0.25) is 5.82 Å². The Hall–Kier alpha value is -1.41. The maximum absolute atomic E-state index is 13.2. The fourth-order valence-electron chi connectivity index (χ4n) is 2.14. The number of aromatic nitrogens is 2. The van der Waals surface area contributed by atoms with Gasteiger partial charge in [-0.15, -0.1) is 9.42 Å². The van der Waals surface area contributed by atoms with E-state index in [4.69, 9.17) is 14.2 Å². The van der Waals surface area contributed by atoms with E-state index in [0.717, 1.165) is 10.8 Å². The fourth-order valence-corrected chi connectivity index (χ4v) is 2.59. The summed E-state index contributed by atoms with van der Waals surface area (Å²) in [6, 6.07) is 0. The summed E-state index contributed by atoms with van der Waals surface area (Å²) in [5.41, 5.74) is -1.92. The van der Waals surface area contributed by atoms with Crippen molar-refractivity contribution in [2.45, 2.75) is 38.2 Å².